The summed E-state index contributed by atoms with van der Waals surface area (Å²) in [6, 6.07) is 6.64. The minimum Gasteiger partial charge on any atom is -0.480 e. The van der Waals surface area contributed by atoms with Crippen molar-refractivity contribution in [2.45, 2.75) is 19.4 Å². The molecule has 92 valence electrons. The van der Waals surface area contributed by atoms with Crippen molar-refractivity contribution in [2.24, 2.45) is 0 Å². The third-order valence-corrected chi connectivity index (χ3v) is 2.78. The molecule has 6 heteroatoms. The van der Waals surface area contributed by atoms with Gasteiger partial charge in [-0.25, -0.2) is 9.59 Å². The average molecular weight is 348 g/mol. The van der Waals surface area contributed by atoms with Crippen molar-refractivity contribution in [1.82, 2.24) is 5.32 Å². The van der Waals surface area contributed by atoms with Crippen LogP contribution in [0.1, 0.15) is 13.8 Å². The fourth-order valence-corrected chi connectivity index (χ4v) is 1.39. The molecule has 0 aliphatic heterocycles. The van der Waals surface area contributed by atoms with E-state index in [0.29, 0.717) is 5.69 Å². The number of aliphatic carboxylic acids is 1. The van der Waals surface area contributed by atoms with Crippen LogP contribution in [0.5, 0.6) is 0 Å². The molecule has 1 aromatic rings. The first-order valence-electron chi connectivity index (χ1n) is 4.89. The van der Waals surface area contributed by atoms with Crippen LogP contribution in [0.3, 0.4) is 0 Å². The summed E-state index contributed by atoms with van der Waals surface area (Å²) in [5.41, 5.74) is -0.683. The van der Waals surface area contributed by atoms with Gasteiger partial charge in [-0.15, -0.1) is 0 Å². The zero-order valence-electron chi connectivity index (χ0n) is 9.45. The van der Waals surface area contributed by atoms with Crippen molar-refractivity contribution in [3.63, 3.8) is 0 Å². The summed E-state index contributed by atoms with van der Waals surface area (Å²) in [4.78, 5) is 22.3. The van der Waals surface area contributed by atoms with E-state index in [1.54, 1.807) is 12.1 Å². The first kappa shape index (κ1) is 13.8. The predicted molar refractivity (Wildman–Crippen MR) is 73.0 cm³/mol. The van der Waals surface area contributed by atoms with Gasteiger partial charge in [0, 0.05) is 9.26 Å². The number of rotatable bonds is 3. The number of nitrogens with one attached hydrogen (secondary N) is 2. The Morgan fingerprint density at radius 1 is 1.24 bits per heavy atom. The number of amides is 2. The van der Waals surface area contributed by atoms with Gasteiger partial charge >= 0.3 is 12.0 Å². The molecule has 0 radical (unpaired) electrons. The molecule has 5 nitrogen and oxygen atoms in total. The fraction of sp³-hybridized carbons (Fsp3) is 0.273. The van der Waals surface area contributed by atoms with Crippen molar-refractivity contribution in [3.05, 3.63) is 27.8 Å². The van der Waals surface area contributed by atoms with Crippen LogP contribution in [0.25, 0.3) is 0 Å². The maximum absolute atomic E-state index is 11.5. The SMILES string of the molecule is CC(C)(NC(=O)Nc1ccc(I)cc1)C(=O)O. The number of carbonyl (C=O) groups is 2. The Balaban J connectivity index is 2.62. The third kappa shape index (κ3) is 4.22. The number of carboxylic acid groups (broad SMARTS) is 1. The molecule has 1 rings (SSSR count). The number of hydrogen-bond acceptors (Lipinski definition) is 2. The quantitative estimate of drug-likeness (QED) is 0.734. The van der Waals surface area contributed by atoms with E-state index in [9.17, 15) is 9.59 Å². The lowest BCUT2D eigenvalue weighted by molar-refractivity contribution is -0.142. The molecule has 17 heavy (non-hydrogen) atoms. The normalized spacial score (nSPS) is 10.8. The van der Waals surface area contributed by atoms with E-state index in [0.717, 1.165) is 3.57 Å². The summed E-state index contributed by atoms with van der Waals surface area (Å²) in [5.74, 6) is -1.09. The molecule has 0 atom stereocenters. The summed E-state index contributed by atoms with van der Waals surface area (Å²) in [5, 5.41) is 13.8. The lowest BCUT2D eigenvalue weighted by atomic mass is 10.1. The zero-order chi connectivity index (χ0) is 13.1. The van der Waals surface area contributed by atoms with Crippen LogP contribution >= 0.6 is 22.6 Å². The van der Waals surface area contributed by atoms with Crippen LogP contribution in [0.15, 0.2) is 24.3 Å². The Morgan fingerprint density at radius 2 is 1.76 bits per heavy atom. The summed E-state index contributed by atoms with van der Waals surface area (Å²) in [6.07, 6.45) is 0. The molecular weight excluding hydrogens is 335 g/mol. The highest BCUT2D eigenvalue weighted by Crippen LogP contribution is 2.11. The molecule has 3 N–H and O–H groups in total. The molecule has 0 heterocycles. The van der Waals surface area contributed by atoms with Crippen LogP contribution in [0, 0.1) is 3.57 Å². The number of urea groups is 1. The average Bonchev–Trinajstić information content (AvgIpc) is 2.20. The van der Waals surface area contributed by atoms with E-state index >= 15 is 0 Å². The first-order valence-corrected chi connectivity index (χ1v) is 5.97. The van der Waals surface area contributed by atoms with Gasteiger partial charge < -0.3 is 15.7 Å². The standard InChI is InChI=1S/C11H13IN2O3/c1-11(2,9(15)16)14-10(17)13-8-5-3-7(12)4-6-8/h3-6H,1-2H3,(H,15,16)(H2,13,14,17). The lowest BCUT2D eigenvalue weighted by Gasteiger charge is -2.21. The van der Waals surface area contributed by atoms with Crippen molar-refractivity contribution in [2.75, 3.05) is 5.32 Å². The van der Waals surface area contributed by atoms with Crippen molar-refractivity contribution in [3.8, 4) is 0 Å². The Kier molecular flexibility index (Phi) is 4.33. The zero-order valence-corrected chi connectivity index (χ0v) is 11.6. The molecule has 0 fully saturated rings. The molecule has 0 aliphatic rings. The summed E-state index contributed by atoms with van der Waals surface area (Å²) in [7, 11) is 0. The maximum Gasteiger partial charge on any atom is 0.328 e. The number of carboxylic acids is 1. The number of carbonyl (C=O) groups excluding carboxylic acids is 1. The molecule has 0 spiro atoms. The molecule has 0 aromatic heterocycles. The molecule has 0 bridgehead atoms. The second kappa shape index (κ2) is 5.35. The van der Waals surface area contributed by atoms with Crippen LogP contribution in [-0.4, -0.2) is 22.6 Å². The largest absolute Gasteiger partial charge is 0.480 e. The van der Waals surface area contributed by atoms with E-state index in [4.69, 9.17) is 5.11 Å². The highest BCUT2D eigenvalue weighted by atomic mass is 127. The van der Waals surface area contributed by atoms with Crippen molar-refractivity contribution >= 4 is 40.3 Å². The van der Waals surface area contributed by atoms with Crippen molar-refractivity contribution in [1.29, 1.82) is 0 Å². The van der Waals surface area contributed by atoms with Crippen LogP contribution in [-0.2, 0) is 4.79 Å². The van der Waals surface area contributed by atoms with Crippen LogP contribution in [0.4, 0.5) is 10.5 Å². The number of benzene rings is 1. The Morgan fingerprint density at radius 3 is 2.24 bits per heavy atom. The van der Waals surface area contributed by atoms with Gasteiger partial charge in [0.25, 0.3) is 0 Å². The topological polar surface area (TPSA) is 78.4 Å². The molecule has 1 aromatic carbocycles. The Hall–Kier alpha value is -1.31. The smallest absolute Gasteiger partial charge is 0.328 e. The number of anilines is 1. The molecular formula is C11H13IN2O3. The van der Waals surface area contributed by atoms with Crippen LogP contribution in [0.2, 0.25) is 0 Å². The molecule has 0 unspecified atom stereocenters. The molecule has 0 saturated heterocycles. The number of halogens is 1. The van der Waals surface area contributed by atoms with Crippen LogP contribution < -0.4 is 10.6 Å². The van der Waals surface area contributed by atoms with E-state index in [1.807, 2.05) is 12.1 Å². The van der Waals surface area contributed by atoms with Gasteiger partial charge in [-0.2, -0.15) is 0 Å². The van der Waals surface area contributed by atoms with Gasteiger partial charge in [0.05, 0.1) is 0 Å². The van der Waals surface area contributed by atoms with Gasteiger partial charge in [-0.1, -0.05) is 0 Å². The van der Waals surface area contributed by atoms with Gasteiger partial charge in [0.15, 0.2) is 0 Å². The fourth-order valence-electron chi connectivity index (χ4n) is 1.03. The highest BCUT2D eigenvalue weighted by molar-refractivity contribution is 14.1. The Bertz CT molecular complexity index is 429. The Labute approximate surface area is 113 Å². The number of hydrogen-bond donors (Lipinski definition) is 3. The summed E-state index contributed by atoms with van der Waals surface area (Å²) >= 11 is 2.15. The van der Waals surface area contributed by atoms with E-state index < -0.39 is 17.5 Å². The molecule has 2 amide bonds. The third-order valence-electron chi connectivity index (χ3n) is 2.06. The minimum absolute atomic E-state index is 0.543. The van der Waals surface area contributed by atoms with E-state index in [2.05, 4.69) is 33.2 Å². The lowest BCUT2D eigenvalue weighted by Crippen LogP contribution is -2.51. The summed E-state index contributed by atoms with van der Waals surface area (Å²) in [6.45, 7) is 2.84. The van der Waals surface area contributed by atoms with Gasteiger partial charge in [0.1, 0.15) is 5.54 Å². The predicted octanol–water partition coefficient (Wildman–Crippen LogP) is 2.28. The molecule has 0 saturated carbocycles. The van der Waals surface area contributed by atoms with Gasteiger partial charge in [-0.05, 0) is 60.7 Å². The monoisotopic (exact) mass is 348 g/mol. The van der Waals surface area contributed by atoms with Gasteiger partial charge in [0.2, 0.25) is 0 Å². The van der Waals surface area contributed by atoms with Crippen molar-refractivity contribution < 1.29 is 14.7 Å². The maximum atomic E-state index is 11.5. The van der Waals surface area contributed by atoms with Gasteiger partial charge in [-0.3, -0.25) is 0 Å². The molecule has 0 aliphatic carbocycles. The highest BCUT2D eigenvalue weighted by Gasteiger charge is 2.28. The first-order chi connectivity index (χ1) is 7.81. The second-order valence-corrected chi connectivity index (χ2v) is 5.26. The minimum atomic E-state index is -1.30. The van der Waals surface area contributed by atoms with E-state index in [1.165, 1.54) is 13.8 Å². The summed E-state index contributed by atoms with van der Waals surface area (Å²) < 4.78 is 1.06. The van der Waals surface area contributed by atoms with E-state index in [-0.39, 0.29) is 0 Å². The second-order valence-electron chi connectivity index (χ2n) is 4.02.